The zero-order valence-electron chi connectivity index (χ0n) is 19.1. The number of carbonyl (C=O) groups excluding carboxylic acids is 1. The number of hydrogen-bond acceptors (Lipinski definition) is 3. The van der Waals surface area contributed by atoms with Gasteiger partial charge in [-0.3, -0.25) is 4.79 Å². The lowest BCUT2D eigenvalue weighted by atomic mass is 10.0. The van der Waals surface area contributed by atoms with Crippen molar-refractivity contribution in [1.82, 2.24) is 0 Å². The molecule has 166 valence electrons. The average molecular weight is 427 g/mol. The molecule has 2 heterocycles. The third-order valence-corrected chi connectivity index (χ3v) is 7.16. The van der Waals surface area contributed by atoms with E-state index in [0.717, 1.165) is 61.3 Å². The highest BCUT2D eigenvalue weighted by molar-refractivity contribution is 6.15. The van der Waals surface area contributed by atoms with Crippen LogP contribution in [0.5, 0.6) is 0 Å². The molecule has 32 heavy (non-hydrogen) atoms. The first-order valence-corrected chi connectivity index (χ1v) is 12.4. The van der Waals surface area contributed by atoms with Gasteiger partial charge in [0, 0.05) is 48.7 Å². The summed E-state index contributed by atoms with van der Waals surface area (Å²) in [5, 5.41) is 0. The molecular formula is C29H34N2O. The van der Waals surface area contributed by atoms with Crippen LogP contribution in [0.25, 0.3) is 12.2 Å². The average Bonchev–Trinajstić information content (AvgIpc) is 3.20. The lowest BCUT2D eigenvalue weighted by Gasteiger charge is -2.28. The molecule has 5 rings (SSSR count). The Kier molecular flexibility index (Phi) is 6.43. The van der Waals surface area contributed by atoms with E-state index < -0.39 is 0 Å². The number of piperidine rings is 2. The van der Waals surface area contributed by atoms with Crippen molar-refractivity contribution in [3.8, 4) is 0 Å². The normalized spacial score (nSPS) is 22.2. The van der Waals surface area contributed by atoms with Gasteiger partial charge in [0.15, 0.2) is 5.78 Å². The van der Waals surface area contributed by atoms with E-state index in [-0.39, 0.29) is 5.78 Å². The van der Waals surface area contributed by atoms with Crippen LogP contribution in [0.15, 0.2) is 59.7 Å². The van der Waals surface area contributed by atoms with Crippen molar-refractivity contribution in [1.29, 1.82) is 0 Å². The van der Waals surface area contributed by atoms with Gasteiger partial charge in [0.1, 0.15) is 0 Å². The summed E-state index contributed by atoms with van der Waals surface area (Å²) in [5.41, 5.74) is 6.73. The summed E-state index contributed by atoms with van der Waals surface area (Å²) in [5.74, 6) is 0.213. The van der Waals surface area contributed by atoms with E-state index in [9.17, 15) is 4.79 Å². The predicted octanol–water partition coefficient (Wildman–Crippen LogP) is 6.50. The Balaban J connectivity index is 1.25. The van der Waals surface area contributed by atoms with Gasteiger partial charge < -0.3 is 9.80 Å². The fourth-order valence-electron chi connectivity index (χ4n) is 5.25. The summed E-state index contributed by atoms with van der Waals surface area (Å²) in [7, 11) is 0. The summed E-state index contributed by atoms with van der Waals surface area (Å²) in [6.45, 7) is 4.64. The highest BCUT2D eigenvalue weighted by Gasteiger charge is 2.23. The van der Waals surface area contributed by atoms with Crippen molar-refractivity contribution in [3.05, 3.63) is 70.8 Å². The maximum Gasteiger partial charge on any atom is 0.185 e. The van der Waals surface area contributed by atoms with Gasteiger partial charge in [0.2, 0.25) is 0 Å². The zero-order chi connectivity index (χ0) is 21.8. The quantitative estimate of drug-likeness (QED) is 0.522. The van der Waals surface area contributed by atoms with Gasteiger partial charge in [-0.25, -0.2) is 0 Å². The fraction of sp³-hybridized carbons (Fsp3) is 0.414. The van der Waals surface area contributed by atoms with Crippen LogP contribution in [-0.2, 0) is 4.79 Å². The van der Waals surface area contributed by atoms with Crippen molar-refractivity contribution in [2.24, 2.45) is 0 Å². The van der Waals surface area contributed by atoms with E-state index in [2.05, 4.69) is 70.5 Å². The molecular weight excluding hydrogens is 392 g/mol. The fourth-order valence-corrected chi connectivity index (χ4v) is 5.25. The number of allylic oxidation sites excluding steroid dienone is 2. The van der Waals surface area contributed by atoms with E-state index in [1.165, 1.54) is 49.9 Å². The van der Waals surface area contributed by atoms with E-state index in [4.69, 9.17) is 0 Å². The summed E-state index contributed by atoms with van der Waals surface area (Å²) in [6.07, 6.45) is 13.7. The SMILES string of the molecule is O=C1/C(=C\c2ccc(N3CCCCC3)cc2)CC/C1=C\c1ccc(N2CCCCC2)cc1. The third kappa shape index (κ3) is 4.82. The van der Waals surface area contributed by atoms with Crippen LogP contribution in [0.3, 0.4) is 0 Å². The maximum absolute atomic E-state index is 13.0. The minimum atomic E-state index is 0.213. The van der Waals surface area contributed by atoms with E-state index >= 15 is 0 Å². The number of rotatable bonds is 4. The first-order valence-electron chi connectivity index (χ1n) is 12.4. The lowest BCUT2D eigenvalue weighted by molar-refractivity contribution is -0.111. The highest BCUT2D eigenvalue weighted by atomic mass is 16.1. The third-order valence-electron chi connectivity index (χ3n) is 7.16. The van der Waals surface area contributed by atoms with Crippen LogP contribution in [-0.4, -0.2) is 32.0 Å². The summed E-state index contributed by atoms with van der Waals surface area (Å²) < 4.78 is 0. The zero-order valence-corrected chi connectivity index (χ0v) is 19.1. The van der Waals surface area contributed by atoms with Gasteiger partial charge in [-0.2, -0.15) is 0 Å². The van der Waals surface area contributed by atoms with E-state index in [1.54, 1.807) is 0 Å². The summed E-state index contributed by atoms with van der Waals surface area (Å²) in [4.78, 5) is 17.9. The molecule has 3 fully saturated rings. The number of Topliss-reactive ketones (excluding diaryl/α,β-unsaturated/α-hetero) is 1. The second-order valence-electron chi connectivity index (χ2n) is 9.45. The van der Waals surface area contributed by atoms with Crippen LogP contribution in [0.1, 0.15) is 62.5 Å². The Morgan fingerprint density at radius 2 is 0.906 bits per heavy atom. The number of hydrogen-bond donors (Lipinski definition) is 0. The van der Waals surface area contributed by atoms with Crippen LogP contribution in [0, 0.1) is 0 Å². The minimum absolute atomic E-state index is 0.213. The number of nitrogens with zero attached hydrogens (tertiary/aromatic N) is 2. The Morgan fingerprint density at radius 3 is 1.28 bits per heavy atom. The van der Waals surface area contributed by atoms with Gasteiger partial charge in [0.05, 0.1) is 0 Å². The Labute approximate surface area is 192 Å². The molecule has 0 unspecified atom stereocenters. The van der Waals surface area contributed by atoms with Gasteiger partial charge in [0.25, 0.3) is 0 Å². The maximum atomic E-state index is 13.0. The molecule has 1 aliphatic carbocycles. The predicted molar refractivity (Wildman–Crippen MR) is 135 cm³/mol. The van der Waals surface area contributed by atoms with Gasteiger partial charge in [-0.05, 0) is 98.9 Å². The Hall–Kier alpha value is -2.81. The molecule has 0 spiro atoms. The summed E-state index contributed by atoms with van der Waals surface area (Å²) in [6, 6.07) is 17.5. The van der Waals surface area contributed by atoms with Crippen LogP contribution < -0.4 is 9.80 Å². The number of benzene rings is 2. The van der Waals surface area contributed by atoms with Crippen molar-refractivity contribution >= 4 is 29.3 Å². The molecule has 0 amide bonds. The molecule has 2 aromatic carbocycles. The van der Waals surface area contributed by atoms with E-state index in [0.29, 0.717) is 0 Å². The molecule has 3 aliphatic rings. The molecule has 0 aromatic heterocycles. The molecule has 2 aromatic rings. The Morgan fingerprint density at radius 1 is 0.531 bits per heavy atom. The van der Waals surface area contributed by atoms with Crippen LogP contribution in [0.4, 0.5) is 11.4 Å². The molecule has 2 saturated heterocycles. The van der Waals surface area contributed by atoms with Crippen molar-refractivity contribution in [3.63, 3.8) is 0 Å². The Bertz CT molecular complexity index is 907. The standard InChI is InChI=1S/C29H34N2O/c32-29-25(21-23-7-13-27(14-8-23)30-17-3-1-4-18-30)11-12-26(29)22-24-9-15-28(16-10-24)31-19-5-2-6-20-31/h7-10,13-16,21-22H,1-6,11-12,17-20H2/b25-21-,26-22+. The molecule has 1 saturated carbocycles. The van der Waals surface area contributed by atoms with Crippen molar-refractivity contribution in [2.45, 2.75) is 51.4 Å². The topological polar surface area (TPSA) is 23.6 Å². The first kappa shape index (κ1) is 21.1. The van der Waals surface area contributed by atoms with Crippen LogP contribution in [0.2, 0.25) is 0 Å². The van der Waals surface area contributed by atoms with E-state index in [1.807, 2.05) is 0 Å². The molecule has 3 heteroatoms. The van der Waals surface area contributed by atoms with Crippen molar-refractivity contribution in [2.75, 3.05) is 36.0 Å². The van der Waals surface area contributed by atoms with Gasteiger partial charge in [-0.15, -0.1) is 0 Å². The second kappa shape index (κ2) is 9.77. The minimum Gasteiger partial charge on any atom is -0.372 e. The molecule has 0 atom stereocenters. The first-order chi connectivity index (χ1) is 15.8. The van der Waals surface area contributed by atoms with Gasteiger partial charge in [-0.1, -0.05) is 24.3 Å². The van der Waals surface area contributed by atoms with Crippen LogP contribution >= 0.6 is 0 Å². The largest absolute Gasteiger partial charge is 0.372 e. The lowest BCUT2D eigenvalue weighted by Crippen LogP contribution is -2.29. The molecule has 3 nitrogen and oxygen atoms in total. The summed E-state index contributed by atoms with van der Waals surface area (Å²) >= 11 is 0. The molecule has 0 bridgehead atoms. The van der Waals surface area contributed by atoms with Gasteiger partial charge >= 0.3 is 0 Å². The smallest absolute Gasteiger partial charge is 0.185 e. The highest BCUT2D eigenvalue weighted by Crippen LogP contribution is 2.30. The monoisotopic (exact) mass is 426 g/mol. The number of anilines is 2. The molecule has 2 aliphatic heterocycles. The molecule has 0 N–H and O–H groups in total. The number of carbonyl (C=O) groups is 1. The number of ketones is 1. The van der Waals surface area contributed by atoms with Crippen molar-refractivity contribution < 1.29 is 4.79 Å². The second-order valence-corrected chi connectivity index (χ2v) is 9.45. The molecule has 0 radical (unpaired) electrons.